The second-order valence-corrected chi connectivity index (χ2v) is 8.60. The number of hydrogen-bond acceptors (Lipinski definition) is 6. The number of para-hydroxylation sites is 1. The fraction of sp³-hybridized carbons (Fsp3) is 0.261. The van der Waals surface area contributed by atoms with Gasteiger partial charge in [0.2, 0.25) is 11.8 Å². The van der Waals surface area contributed by atoms with Gasteiger partial charge in [0, 0.05) is 47.8 Å². The molecule has 7 nitrogen and oxygen atoms in total. The van der Waals surface area contributed by atoms with Crippen molar-refractivity contribution >= 4 is 32.8 Å². The van der Waals surface area contributed by atoms with Crippen molar-refractivity contribution in [1.82, 2.24) is 25.1 Å². The molecule has 2 N–H and O–H groups in total. The fourth-order valence-corrected chi connectivity index (χ4v) is 4.13. The first-order valence-corrected chi connectivity index (χ1v) is 11.2. The topological polar surface area (TPSA) is 79.0 Å². The van der Waals surface area contributed by atoms with E-state index in [2.05, 4.69) is 58.4 Å². The number of piperidine rings is 1. The number of likely N-dealkylation sites (tertiary alicyclic amines) is 1. The molecular formula is C23H23BrN6O. The number of ether oxygens (including phenoxy) is 1. The van der Waals surface area contributed by atoms with Crippen molar-refractivity contribution in [3.63, 3.8) is 0 Å². The summed E-state index contributed by atoms with van der Waals surface area (Å²) < 4.78 is 6.86. The lowest BCUT2D eigenvalue weighted by Gasteiger charge is -2.32. The van der Waals surface area contributed by atoms with Gasteiger partial charge in [-0.05, 0) is 43.2 Å². The van der Waals surface area contributed by atoms with Gasteiger partial charge in [-0.1, -0.05) is 34.1 Å². The van der Waals surface area contributed by atoms with Crippen LogP contribution >= 0.6 is 15.9 Å². The summed E-state index contributed by atoms with van der Waals surface area (Å²) in [6, 6.07) is 18.0. The molecule has 1 fully saturated rings. The van der Waals surface area contributed by atoms with Crippen LogP contribution in [0.3, 0.4) is 0 Å². The van der Waals surface area contributed by atoms with Crippen LogP contribution in [0.1, 0.15) is 18.5 Å². The number of fused-ring (bicyclic) bond motifs is 1. The Morgan fingerprint density at radius 1 is 1.06 bits per heavy atom. The second kappa shape index (κ2) is 9.03. The highest BCUT2D eigenvalue weighted by Crippen LogP contribution is 2.23. The first-order chi connectivity index (χ1) is 15.2. The van der Waals surface area contributed by atoms with Crippen LogP contribution in [0.4, 0.5) is 5.95 Å². The molecule has 158 valence electrons. The Labute approximate surface area is 189 Å². The second-order valence-electron chi connectivity index (χ2n) is 7.69. The zero-order valence-corrected chi connectivity index (χ0v) is 18.5. The van der Waals surface area contributed by atoms with Crippen LogP contribution < -0.4 is 10.1 Å². The van der Waals surface area contributed by atoms with Crippen LogP contribution in [0, 0.1) is 0 Å². The molecule has 0 saturated carbocycles. The predicted octanol–water partition coefficient (Wildman–Crippen LogP) is 4.98. The minimum Gasteiger partial charge on any atom is -0.439 e. The lowest BCUT2D eigenvalue weighted by Crippen LogP contribution is -2.39. The average Bonchev–Trinajstić information content (AvgIpc) is 3.20. The largest absolute Gasteiger partial charge is 0.439 e. The molecule has 3 heterocycles. The lowest BCUT2D eigenvalue weighted by molar-refractivity contribution is 0.209. The van der Waals surface area contributed by atoms with Gasteiger partial charge < -0.3 is 10.1 Å². The number of aromatic nitrogens is 4. The summed E-state index contributed by atoms with van der Waals surface area (Å²) in [5.41, 5.74) is 2.21. The first-order valence-electron chi connectivity index (χ1n) is 10.4. The molecule has 0 unspecified atom stereocenters. The number of nitrogens with one attached hydrogen (secondary N) is 2. The Bertz CT molecular complexity index is 1150. The smallest absolute Gasteiger partial charge is 0.226 e. The van der Waals surface area contributed by atoms with E-state index in [1.165, 1.54) is 11.1 Å². The number of benzene rings is 2. The van der Waals surface area contributed by atoms with Gasteiger partial charge in [-0.15, -0.1) is 0 Å². The van der Waals surface area contributed by atoms with Crippen LogP contribution in [-0.4, -0.2) is 44.2 Å². The summed E-state index contributed by atoms with van der Waals surface area (Å²) in [4.78, 5) is 11.3. The fourth-order valence-electron chi connectivity index (χ4n) is 3.87. The summed E-state index contributed by atoms with van der Waals surface area (Å²) in [5.74, 6) is 1.88. The van der Waals surface area contributed by atoms with Crippen LogP contribution in [0.15, 0.2) is 65.3 Å². The van der Waals surface area contributed by atoms with Gasteiger partial charge in [0.1, 0.15) is 5.75 Å². The SMILES string of the molecule is Brc1ccc(Oc2ccnc(NC3CCN(Cc4[nH]nc5ccccc45)CC3)n2)cc1. The number of nitrogens with zero attached hydrogens (tertiary/aromatic N) is 4. The van der Waals surface area contributed by atoms with Gasteiger partial charge in [0.05, 0.1) is 11.2 Å². The van der Waals surface area contributed by atoms with Crippen LogP contribution in [-0.2, 0) is 6.54 Å². The third kappa shape index (κ3) is 4.86. The molecule has 31 heavy (non-hydrogen) atoms. The van der Waals surface area contributed by atoms with Gasteiger partial charge >= 0.3 is 0 Å². The number of hydrogen-bond donors (Lipinski definition) is 2. The molecule has 1 aliphatic rings. The van der Waals surface area contributed by atoms with E-state index in [1.807, 2.05) is 36.4 Å². The Hall–Kier alpha value is -2.97. The molecule has 2 aromatic heterocycles. The summed E-state index contributed by atoms with van der Waals surface area (Å²) >= 11 is 3.43. The Balaban J connectivity index is 1.16. The molecule has 1 aliphatic heterocycles. The van der Waals surface area contributed by atoms with E-state index < -0.39 is 0 Å². The van der Waals surface area contributed by atoms with Crippen molar-refractivity contribution in [3.8, 4) is 11.6 Å². The molecule has 1 saturated heterocycles. The monoisotopic (exact) mass is 478 g/mol. The molecule has 0 spiro atoms. The maximum absolute atomic E-state index is 5.84. The zero-order valence-electron chi connectivity index (χ0n) is 17.0. The lowest BCUT2D eigenvalue weighted by atomic mass is 10.0. The minimum atomic E-state index is 0.345. The highest BCUT2D eigenvalue weighted by molar-refractivity contribution is 9.10. The normalized spacial score (nSPS) is 15.3. The highest BCUT2D eigenvalue weighted by Gasteiger charge is 2.21. The van der Waals surface area contributed by atoms with Crippen molar-refractivity contribution in [2.45, 2.75) is 25.4 Å². The standard InChI is InChI=1S/C23H23BrN6O/c24-16-5-7-18(8-6-16)31-22-9-12-25-23(27-22)26-17-10-13-30(14-11-17)15-21-19-3-1-2-4-20(19)28-29-21/h1-9,12,17H,10-11,13-15H2,(H,28,29)(H,25,26,27). The van der Waals surface area contributed by atoms with E-state index in [9.17, 15) is 0 Å². The van der Waals surface area contributed by atoms with Crippen LogP contribution in [0.5, 0.6) is 11.6 Å². The Morgan fingerprint density at radius 3 is 2.71 bits per heavy atom. The molecule has 0 aliphatic carbocycles. The third-order valence-corrected chi connectivity index (χ3v) is 6.04. The molecule has 0 amide bonds. The van der Waals surface area contributed by atoms with Gasteiger partial charge in [-0.25, -0.2) is 4.98 Å². The maximum atomic E-state index is 5.84. The minimum absolute atomic E-state index is 0.345. The number of anilines is 1. The molecule has 0 radical (unpaired) electrons. The quantitative estimate of drug-likeness (QED) is 0.406. The van der Waals surface area contributed by atoms with Gasteiger partial charge in [-0.3, -0.25) is 10.00 Å². The van der Waals surface area contributed by atoms with Crippen molar-refractivity contribution in [1.29, 1.82) is 0 Å². The molecule has 2 aromatic carbocycles. The van der Waals surface area contributed by atoms with Gasteiger partial charge in [-0.2, -0.15) is 10.1 Å². The van der Waals surface area contributed by atoms with Gasteiger partial charge in [0.15, 0.2) is 0 Å². The Kier molecular flexibility index (Phi) is 5.82. The summed E-state index contributed by atoms with van der Waals surface area (Å²) in [6.45, 7) is 2.92. The summed E-state index contributed by atoms with van der Waals surface area (Å²) in [7, 11) is 0. The van der Waals surface area contributed by atoms with E-state index in [4.69, 9.17) is 4.74 Å². The molecule has 0 bridgehead atoms. The molecule has 0 atom stereocenters. The summed E-state index contributed by atoms with van der Waals surface area (Å²) in [5, 5.41) is 12.3. The van der Waals surface area contributed by atoms with Crippen molar-refractivity contribution in [2.75, 3.05) is 18.4 Å². The number of H-pyrrole nitrogens is 1. The van der Waals surface area contributed by atoms with E-state index in [0.29, 0.717) is 17.9 Å². The predicted molar refractivity (Wildman–Crippen MR) is 124 cm³/mol. The average molecular weight is 479 g/mol. The van der Waals surface area contributed by atoms with E-state index >= 15 is 0 Å². The first kappa shape index (κ1) is 20.0. The third-order valence-electron chi connectivity index (χ3n) is 5.51. The van der Waals surface area contributed by atoms with E-state index in [-0.39, 0.29) is 0 Å². The summed E-state index contributed by atoms with van der Waals surface area (Å²) in [6.07, 6.45) is 3.79. The van der Waals surface area contributed by atoms with Crippen LogP contribution in [0.25, 0.3) is 10.9 Å². The molecule has 5 rings (SSSR count). The number of rotatable bonds is 6. The zero-order chi connectivity index (χ0) is 21.0. The van der Waals surface area contributed by atoms with Crippen molar-refractivity contribution in [3.05, 3.63) is 71.0 Å². The maximum Gasteiger partial charge on any atom is 0.226 e. The highest BCUT2D eigenvalue weighted by atomic mass is 79.9. The van der Waals surface area contributed by atoms with Crippen molar-refractivity contribution < 1.29 is 4.74 Å². The van der Waals surface area contributed by atoms with Gasteiger partial charge in [0.25, 0.3) is 0 Å². The molecular weight excluding hydrogens is 456 g/mol. The van der Waals surface area contributed by atoms with Crippen molar-refractivity contribution in [2.24, 2.45) is 0 Å². The van der Waals surface area contributed by atoms with E-state index in [0.717, 1.165) is 48.2 Å². The molecule has 8 heteroatoms. The van der Waals surface area contributed by atoms with E-state index in [1.54, 1.807) is 12.3 Å². The number of halogens is 1. The number of aromatic amines is 1. The van der Waals surface area contributed by atoms with Crippen LogP contribution in [0.2, 0.25) is 0 Å². The molecule has 4 aromatic rings. The Morgan fingerprint density at radius 2 is 1.87 bits per heavy atom.